The van der Waals surface area contributed by atoms with Crippen LogP contribution >= 0.6 is 0 Å². The Hall–Kier alpha value is -1.53. The molecule has 0 bridgehead atoms. The van der Waals surface area contributed by atoms with E-state index in [2.05, 4.69) is 10.3 Å². The van der Waals surface area contributed by atoms with E-state index in [9.17, 15) is 18.0 Å². The van der Waals surface area contributed by atoms with E-state index in [4.69, 9.17) is 4.42 Å². The number of halogens is 3. The summed E-state index contributed by atoms with van der Waals surface area (Å²) in [5.74, 6) is -0.834. The fraction of sp³-hybridized carbons (Fsp3) is 0.714. The third-order valence-electron chi connectivity index (χ3n) is 4.30. The van der Waals surface area contributed by atoms with E-state index in [1.54, 1.807) is 6.92 Å². The van der Waals surface area contributed by atoms with E-state index < -0.39 is 23.5 Å². The average molecular weight is 302 g/mol. The Morgan fingerprint density at radius 1 is 1.29 bits per heavy atom. The standard InChI is InChI=1S/C14H17F3N2O2/c1-7-10(21-12(18-7)8-3-4-8)11(20)19-13(2,9-5-6-9)14(15,16)17/h8-9H,3-6H2,1-2H3,(H,19,20). The first-order chi connectivity index (χ1) is 9.72. The van der Waals surface area contributed by atoms with Gasteiger partial charge in [0.25, 0.3) is 5.91 Å². The zero-order chi connectivity index (χ0) is 15.4. The summed E-state index contributed by atoms with van der Waals surface area (Å²) in [6, 6.07) is 0. The van der Waals surface area contributed by atoms with Gasteiger partial charge in [0.15, 0.2) is 5.89 Å². The second-order valence-corrected chi connectivity index (χ2v) is 6.17. The van der Waals surface area contributed by atoms with Gasteiger partial charge < -0.3 is 9.73 Å². The van der Waals surface area contributed by atoms with Crippen molar-refractivity contribution in [2.45, 2.75) is 57.2 Å². The van der Waals surface area contributed by atoms with Crippen LogP contribution in [0, 0.1) is 12.8 Å². The molecular weight excluding hydrogens is 285 g/mol. The first-order valence-electron chi connectivity index (χ1n) is 7.09. The molecule has 1 unspecified atom stereocenters. The smallest absolute Gasteiger partial charge is 0.411 e. The molecule has 1 atom stereocenters. The van der Waals surface area contributed by atoms with Gasteiger partial charge in [-0.1, -0.05) is 0 Å². The average Bonchev–Trinajstić information content (AvgIpc) is 3.24. The summed E-state index contributed by atoms with van der Waals surface area (Å²) in [6.07, 6.45) is -1.65. The maximum absolute atomic E-state index is 13.3. The molecule has 1 heterocycles. The molecule has 0 radical (unpaired) electrons. The Morgan fingerprint density at radius 2 is 1.90 bits per heavy atom. The fourth-order valence-corrected chi connectivity index (χ4v) is 2.49. The topological polar surface area (TPSA) is 55.1 Å². The van der Waals surface area contributed by atoms with Crippen molar-refractivity contribution in [1.82, 2.24) is 10.3 Å². The lowest BCUT2D eigenvalue weighted by Crippen LogP contribution is -2.58. The van der Waals surface area contributed by atoms with E-state index in [-0.39, 0.29) is 11.7 Å². The van der Waals surface area contributed by atoms with Gasteiger partial charge in [0, 0.05) is 5.92 Å². The lowest BCUT2D eigenvalue weighted by molar-refractivity contribution is -0.194. The summed E-state index contributed by atoms with van der Waals surface area (Å²) in [5, 5.41) is 2.13. The summed E-state index contributed by atoms with van der Waals surface area (Å²) in [5.41, 5.74) is -1.86. The van der Waals surface area contributed by atoms with Crippen LogP contribution in [-0.4, -0.2) is 22.6 Å². The predicted molar refractivity (Wildman–Crippen MR) is 67.9 cm³/mol. The molecule has 2 aliphatic rings. The molecule has 1 aromatic heterocycles. The molecule has 0 aromatic carbocycles. The van der Waals surface area contributed by atoms with Crippen molar-refractivity contribution in [2.24, 2.45) is 5.92 Å². The van der Waals surface area contributed by atoms with Gasteiger partial charge in [-0.2, -0.15) is 13.2 Å². The van der Waals surface area contributed by atoms with Crippen molar-refractivity contribution in [2.75, 3.05) is 0 Å². The first-order valence-corrected chi connectivity index (χ1v) is 7.09. The Kier molecular flexibility index (Phi) is 3.07. The number of aromatic nitrogens is 1. The zero-order valence-corrected chi connectivity index (χ0v) is 11.9. The minimum absolute atomic E-state index is 0.104. The number of amides is 1. The van der Waals surface area contributed by atoms with Crippen molar-refractivity contribution in [3.05, 3.63) is 17.3 Å². The van der Waals surface area contributed by atoms with E-state index in [1.165, 1.54) is 0 Å². The molecular formula is C14H17F3N2O2. The van der Waals surface area contributed by atoms with Gasteiger partial charge in [0.2, 0.25) is 5.76 Å². The molecule has 4 nitrogen and oxygen atoms in total. The molecule has 1 amide bonds. The Labute approximate surface area is 120 Å². The Bertz CT molecular complexity index is 573. The monoisotopic (exact) mass is 302 g/mol. The maximum atomic E-state index is 13.3. The zero-order valence-electron chi connectivity index (χ0n) is 11.9. The molecule has 2 fully saturated rings. The number of rotatable bonds is 4. The summed E-state index contributed by atoms with van der Waals surface area (Å²) in [7, 11) is 0. The minimum Gasteiger partial charge on any atom is -0.435 e. The Balaban J connectivity index is 1.81. The van der Waals surface area contributed by atoms with Gasteiger partial charge >= 0.3 is 6.18 Å². The third-order valence-corrected chi connectivity index (χ3v) is 4.30. The minimum atomic E-state index is -4.49. The number of alkyl halides is 3. The Morgan fingerprint density at radius 3 is 2.38 bits per heavy atom. The maximum Gasteiger partial charge on any atom is 0.411 e. The van der Waals surface area contributed by atoms with Gasteiger partial charge in [-0.3, -0.25) is 4.79 Å². The van der Waals surface area contributed by atoms with Gasteiger partial charge in [0.05, 0.1) is 5.69 Å². The number of hydrogen-bond donors (Lipinski definition) is 1. The highest BCUT2D eigenvalue weighted by Gasteiger charge is 2.60. The molecule has 2 aliphatic carbocycles. The highest BCUT2D eigenvalue weighted by Crippen LogP contribution is 2.48. The SMILES string of the molecule is Cc1nc(C2CC2)oc1C(=O)NC(C)(C1CC1)C(F)(F)F. The number of aryl methyl sites for hydroxylation is 1. The van der Waals surface area contributed by atoms with Crippen LogP contribution in [-0.2, 0) is 0 Å². The lowest BCUT2D eigenvalue weighted by atomic mass is 9.94. The molecule has 2 saturated carbocycles. The number of nitrogens with zero attached hydrogens (tertiary/aromatic N) is 1. The quantitative estimate of drug-likeness (QED) is 0.928. The number of carbonyl (C=O) groups is 1. The summed E-state index contributed by atoms with van der Waals surface area (Å²) < 4.78 is 45.1. The van der Waals surface area contributed by atoms with Crippen LogP contribution in [0.2, 0.25) is 0 Å². The second-order valence-electron chi connectivity index (χ2n) is 6.17. The van der Waals surface area contributed by atoms with Crippen molar-refractivity contribution >= 4 is 5.91 Å². The summed E-state index contributed by atoms with van der Waals surface area (Å²) >= 11 is 0. The van der Waals surface area contributed by atoms with E-state index in [0.29, 0.717) is 24.4 Å². The van der Waals surface area contributed by atoms with E-state index >= 15 is 0 Å². The largest absolute Gasteiger partial charge is 0.435 e. The predicted octanol–water partition coefficient (Wildman–Crippen LogP) is 3.32. The molecule has 3 rings (SSSR count). The normalized spacial score (nSPS) is 22.0. The van der Waals surface area contributed by atoms with E-state index in [0.717, 1.165) is 19.8 Å². The molecule has 7 heteroatoms. The second kappa shape index (κ2) is 4.48. The van der Waals surface area contributed by atoms with Gasteiger partial charge in [-0.25, -0.2) is 4.98 Å². The number of nitrogens with one attached hydrogen (secondary N) is 1. The van der Waals surface area contributed by atoms with E-state index in [1.807, 2.05) is 0 Å². The van der Waals surface area contributed by atoms with Gasteiger partial charge in [0.1, 0.15) is 5.54 Å². The van der Waals surface area contributed by atoms with Crippen molar-refractivity contribution < 1.29 is 22.4 Å². The van der Waals surface area contributed by atoms with Crippen LogP contribution in [0.1, 0.15) is 60.7 Å². The van der Waals surface area contributed by atoms with Crippen LogP contribution < -0.4 is 5.32 Å². The van der Waals surface area contributed by atoms with Crippen molar-refractivity contribution in [1.29, 1.82) is 0 Å². The molecule has 21 heavy (non-hydrogen) atoms. The lowest BCUT2D eigenvalue weighted by Gasteiger charge is -2.32. The van der Waals surface area contributed by atoms with Crippen LogP contribution in [0.15, 0.2) is 4.42 Å². The van der Waals surface area contributed by atoms with Crippen LogP contribution in [0.5, 0.6) is 0 Å². The van der Waals surface area contributed by atoms with Gasteiger partial charge in [-0.15, -0.1) is 0 Å². The molecule has 0 aliphatic heterocycles. The highest BCUT2D eigenvalue weighted by molar-refractivity contribution is 5.93. The fourth-order valence-electron chi connectivity index (χ4n) is 2.49. The number of hydrogen-bond acceptors (Lipinski definition) is 3. The molecule has 0 spiro atoms. The highest BCUT2D eigenvalue weighted by atomic mass is 19.4. The first kappa shape index (κ1) is 14.4. The van der Waals surface area contributed by atoms with Gasteiger partial charge in [-0.05, 0) is 45.4 Å². The van der Waals surface area contributed by atoms with Crippen molar-refractivity contribution in [3.8, 4) is 0 Å². The molecule has 0 saturated heterocycles. The van der Waals surface area contributed by atoms with Crippen LogP contribution in [0.3, 0.4) is 0 Å². The van der Waals surface area contributed by atoms with Crippen LogP contribution in [0.25, 0.3) is 0 Å². The molecule has 1 N–H and O–H groups in total. The van der Waals surface area contributed by atoms with Crippen molar-refractivity contribution in [3.63, 3.8) is 0 Å². The molecule has 116 valence electrons. The van der Waals surface area contributed by atoms with Crippen LogP contribution in [0.4, 0.5) is 13.2 Å². The number of oxazole rings is 1. The summed E-state index contributed by atoms with van der Waals surface area (Å²) in [6.45, 7) is 2.61. The summed E-state index contributed by atoms with van der Waals surface area (Å²) in [4.78, 5) is 16.3. The molecule has 1 aromatic rings. The third kappa shape index (κ3) is 2.53. The number of carbonyl (C=O) groups excluding carboxylic acids is 1.